The molecule has 50 valence electrons. The highest BCUT2D eigenvalue weighted by molar-refractivity contribution is 7.07. The van der Waals surface area contributed by atoms with Gasteiger partial charge in [0.15, 0.2) is 0 Å². The van der Waals surface area contributed by atoms with Crippen molar-refractivity contribution in [3.63, 3.8) is 0 Å². The predicted molar refractivity (Wildman–Crippen MR) is 39.1 cm³/mol. The summed E-state index contributed by atoms with van der Waals surface area (Å²) in [5.74, 6) is 0.0984. The van der Waals surface area contributed by atoms with Crippen molar-refractivity contribution >= 4 is 17.1 Å². The lowest BCUT2D eigenvalue weighted by molar-refractivity contribution is 0.103. The molecule has 0 aliphatic heterocycles. The van der Waals surface area contributed by atoms with Crippen LogP contribution in [-0.2, 0) is 0 Å². The van der Waals surface area contributed by atoms with E-state index in [9.17, 15) is 4.79 Å². The molecule has 0 N–H and O–H groups in total. The maximum Gasteiger partial charge on any atom is 0.208 e. The van der Waals surface area contributed by atoms with Crippen molar-refractivity contribution in [3.8, 4) is 0 Å². The first kappa shape index (κ1) is 5.80. The number of thiazole rings is 1. The van der Waals surface area contributed by atoms with E-state index in [1.807, 2.05) is 6.08 Å². The number of allylic oxidation sites excluding steroid dienone is 2. The minimum Gasteiger partial charge on any atom is -0.287 e. The van der Waals surface area contributed by atoms with Crippen LogP contribution in [0.25, 0.3) is 0 Å². The topological polar surface area (TPSA) is 30.0 Å². The molecule has 0 aromatic carbocycles. The fraction of sp³-hybridized carbons (Fsp3) is 0.143. The van der Waals surface area contributed by atoms with Crippen LogP contribution in [0.15, 0.2) is 22.5 Å². The van der Waals surface area contributed by atoms with Gasteiger partial charge in [0.25, 0.3) is 0 Å². The van der Waals surface area contributed by atoms with Gasteiger partial charge in [-0.1, -0.05) is 6.08 Å². The molecule has 0 radical (unpaired) electrons. The van der Waals surface area contributed by atoms with Gasteiger partial charge in [-0.15, -0.1) is 11.3 Å². The van der Waals surface area contributed by atoms with Crippen LogP contribution < -0.4 is 0 Å². The molecule has 0 atom stereocenters. The molecule has 1 aliphatic rings. The Balaban J connectivity index is 2.27. The summed E-state index contributed by atoms with van der Waals surface area (Å²) in [5.41, 5.74) is 3.18. The summed E-state index contributed by atoms with van der Waals surface area (Å²) in [5, 5.41) is 1.78. The molecular weight excluding hydrogens is 146 g/mol. The van der Waals surface area contributed by atoms with E-state index in [2.05, 4.69) is 4.98 Å². The molecule has 2 nitrogen and oxygen atoms in total. The lowest BCUT2D eigenvalue weighted by atomic mass is 10.2. The van der Waals surface area contributed by atoms with Gasteiger partial charge in [-0.05, 0) is 6.42 Å². The molecule has 0 amide bonds. The molecule has 1 aromatic rings. The Morgan fingerprint density at radius 2 is 2.50 bits per heavy atom. The summed E-state index contributed by atoms with van der Waals surface area (Å²) in [6, 6.07) is 0. The third-order valence-electron chi connectivity index (χ3n) is 1.36. The molecule has 1 aromatic heterocycles. The van der Waals surface area contributed by atoms with E-state index in [-0.39, 0.29) is 5.78 Å². The van der Waals surface area contributed by atoms with Gasteiger partial charge in [0.1, 0.15) is 5.69 Å². The van der Waals surface area contributed by atoms with Crippen LogP contribution in [-0.4, -0.2) is 10.8 Å². The molecule has 0 fully saturated rings. The Kier molecular flexibility index (Phi) is 1.17. The molecule has 0 saturated carbocycles. The number of nitrogens with zero attached hydrogens (tertiary/aromatic N) is 1. The van der Waals surface area contributed by atoms with E-state index in [1.165, 1.54) is 11.3 Å². The number of aromatic nitrogens is 1. The van der Waals surface area contributed by atoms with Gasteiger partial charge in [-0.25, -0.2) is 4.98 Å². The van der Waals surface area contributed by atoms with Gasteiger partial charge in [0.05, 0.1) is 5.51 Å². The predicted octanol–water partition coefficient (Wildman–Crippen LogP) is 1.66. The van der Waals surface area contributed by atoms with Crippen molar-refractivity contribution in [2.75, 3.05) is 0 Å². The Morgan fingerprint density at radius 1 is 1.70 bits per heavy atom. The lowest BCUT2D eigenvalue weighted by Crippen LogP contribution is -1.95. The molecule has 2 rings (SSSR count). The van der Waals surface area contributed by atoms with Crippen molar-refractivity contribution in [1.29, 1.82) is 0 Å². The van der Waals surface area contributed by atoms with E-state index in [1.54, 1.807) is 10.9 Å². The van der Waals surface area contributed by atoms with Crippen LogP contribution in [0.5, 0.6) is 0 Å². The summed E-state index contributed by atoms with van der Waals surface area (Å²) in [7, 11) is 0. The maximum absolute atomic E-state index is 11.1. The van der Waals surface area contributed by atoms with Crippen molar-refractivity contribution in [1.82, 2.24) is 4.98 Å². The van der Waals surface area contributed by atoms with Gasteiger partial charge >= 0.3 is 0 Å². The molecule has 3 heteroatoms. The van der Waals surface area contributed by atoms with Crippen LogP contribution >= 0.6 is 11.3 Å². The minimum absolute atomic E-state index is 0.0984. The zero-order valence-electron chi connectivity index (χ0n) is 5.20. The lowest BCUT2D eigenvalue weighted by Gasteiger charge is -1.84. The first-order valence-electron chi connectivity index (χ1n) is 3.00. The smallest absolute Gasteiger partial charge is 0.208 e. The monoisotopic (exact) mass is 151 g/mol. The Bertz CT molecular complexity index is 287. The van der Waals surface area contributed by atoms with Gasteiger partial charge in [-0.3, -0.25) is 4.79 Å². The fourth-order valence-electron chi connectivity index (χ4n) is 0.726. The van der Waals surface area contributed by atoms with Crippen molar-refractivity contribution in [2.24, 2.45) is 0 Å². The molecule has 0 unspecified atom stereocenters. The molecule has 0 bridgehead atoms. The number of hydrogen-bond donors (Lipinski definition) is 0. The van der Waals surface area contributed by atoms with Crippen LogP contribution in [0.4, 0.5) is 0 Å². The number of rotatable bonds is 2. The first-order chi connectivity index (χ1) is 4.88. The highest BCUT2D eigenvalue weighted by Gasteiger charge is 2.19. The standard InChI is InChI=1S/C7H5NOS/c9-7(5-1-2-5)6-3-10-4-8-6/h1,3-4H,2H2. The second kappa shape index (κ2) is 2.02. The van der Waals surface area contributed by atoms with Crippen LogP contribution in [0, 0.1) is 0 Å². The van der Waals surface area contributed by atoms with E-state index < -0.39 is 0 Å². The summed E-state index contributed by atoms with van der Waals surface area (Å²) >= 11 is 1.45. The zero-order valence-corrected chi connectivity index (χ0v) is 6.02. The van der Waals surface area contributed by atoms with Gasteiger partial charge in [0, 0.05) is 11.0 Å². The number of ketones is 1. The maximum atomic E-state index is 11.1. The number of carbonyl (C=O) groups excluding carboxylic acids is 1. The van der Waals surface area contributed by atoms with E-state index >= 15 is 0 Å². The van der Waals surface area contributed by atoms with Gasteiger partial charge < -0.3 is 0 Å². The van der Waals surface area contributed by atoms with Crippen molar-refractivity contribution in [3.05, 3.63) is 28.2 Å². The van der Waals surface area contributed by atoms with E-state index in [0.717, 1.165) is 12.0 Å². The highest BCUT2D eigenvalue weighted by Crippen LogP contribution is 2.22. The van der Waals surface area contributed by atoms with Gasteiger partial charge in [0.2, 0.25) is 5.78 Å². The quantitative estimate of drug-likeness (QED) is 0.601. The van der Waals surface area contributed by atoms with Crippen LogP contribution in [0.1, 0.15) is 16.9 Å². The second-order valence-corrected chi connectivity index (χ2v) is 2.85. The molecule has 0 saturated heterocycles. The molecule has 10 heavy (non-hydrogen) atoms. The summed E-state index contributed by atoms with van der Waals surface area (Å²) in [6.45, 7) is 0. The Morgan fingerprint density at radius 3 is 3.00 bits per heavy atom. The SMILES string of the molecule is O=C(C1=CC1)c1cscn1. The fourth-order valence-corrected chi connectivity index (χ4v) is 1.26. The van der Waals surface area contributed by atoms with Crippen LogP contribution in [0.3, 0.4) is 0 Å². The molecule has 0 spiro atoms. The first-order valence-corrected chi connectivity index (χ1v) is 3.94. The number of carbonyl (C=O) groups is 1. The van der Waals surface area contributed by atoms with Crippen LogP contribution in [0.2, 0.25) is 0 Å². The Hall–Kier alpha value is -0.960. The number of Topliss-reactive ketones (excluding diaryl/α,β-unsaturated/α-hetero) is 1. The average molecular weight is 151 g/mol. The molecule has 1 aliphatic carbocycles. The minimum atomic E-state index is 0.0984. The largest absolute Gasteiger partial charge is 0.287 e. The van der Waals surface area contributed by atoms with Crippen molar-refractivity contribution < 1.29 is 4.79 Å². The second-order valence-electron chi connectivity index (χ2n) is 2.14. The molecule has 1 heterocycles. The third-order valence-corrected chi connectivity index (χ3v) is 1.95. The third kappa shape index (κ3) is 0.885. The Labute approximate surface area is 62.2 Å². The normalized spacial score (nSPS) is 14.6. The number of hydrogen-bond acceptors (Lipinski definition) is 3. The zero-order chi connectivity index (χ0) is 6.97. The van der Waals surface area contributed by atoms with E-state index in [0.29, 0.717) is 5.69 Å². The van der Waals surface area contributed by atoms with Gasteiger partial charge in [-0.2, -0.15) is 0 Å². The summed E-state index contributed by atoms with van der Waals surface area (Å²) in [6.07, 6.45) is 2.78. The van der Waals surface area contributed by atoms with Crippen molar-refractivity contribution in [2.45, 2.75) is 6.42 Å². The molecular formula is C7H5NOS. The highest BCUT2D eigenvalue weighted by atomic mass is 32.1. The summed E-state index contributed by atoms with van der Waals surface area (Å²) < 4.78 is 0. The average Bonchev–Trinajstić information content (AvgIpc) is 2.65. The summed E-state index contributed by atoms with van der Waals surface area (Å²) in [4.78, 5) is 15.0. The van der Waals surface area contributed by atoms with E-state index in [4.69, 9.17) is 0 Å².